The Morgan fingerprint density at radius 1 is 1.10 bits per heavy atom. The van der Waals surface area contributed by atoms with Gasteiger partial charge in [0, 0.05) is 23.6 Å². The molecular weight excluding hydrogens is 402 g/mol. The van der Waals surface area contributed by atoms with Crippen LogP contribution in [0.3, 0.4) is 0 Å². The number of likely N-dealkylation sites (tertiary alicyclic amines) is 1. The van der Waals surface area contributed by atoms with Gasteiger partial charge in [-0.25, -0.2) is 0 Å². The Morgan fingerprint density at radius 2 is 1.80 bits per heavy atom. The summed E-state index contributed by atoms with van der Waals surface area (Å²) in [6.45, 7) is 2.34. The molecule has 158 valence electrons. The predicted octanol–water partition coefficient (Wildman–Crippen LogP) is 4.85. The van der Waals surface area contributed by atoms with Gasteiger partial charge in [0.05, 0.1) is 12.0 Å². The van der Waals surface area contributed by atoms with Crippen molar-refractivity contribution < 1.29 is 19.1 Å². The number of ether oxygens (including phenoxy) is 1. The molecule has 3 rings (SSSR count). The molecule has 0 aliphatic carbocycles. The minimum absolute atomic E-state index is 0.0543. The Labute approximate surface area is 182 Å². The Hall–Kier alpha value is -2.66. The maximum absolute atomic E-state index is 13.0. The van der Waals surface area contributed by atoms with Crippen molar-refractivity contribution in [3.05, 3.63) is 70.7 Å². The third kappa shape index (κ3) is 5.28. The number of unbranched alkanes of at least 4 members (excludes halogenated alkanes) is 1. The Kier molecular flexibility index (Phi) is 7.63. The van der Waals surface area contributed by atoms with Crippen molar-refractivity contribution in [3.63, 3.8) is 0 Å². The molecule has 0 bridgehead atoms. The SMILES string of the molecule is CCCCN1C(=O)CC[C@H](C(=O)OCC(=O)c2ccc(Cl)cc2)[C@@H]1c1ccccc1. The lowest BCUT2D eigenvalue weighted by Gasteiger charge is -2.40. The van der Waals surface area contributed by atoms with Gasteiger partial charge < -0.3 is 9.64 Å². The molecule has 1 saturated heterocycles. The predicted molar refractivity (Wildman–Crippen MR) is 115 cm³/mol. The van der Waals surface area contributed by atoms with Crippen LogP contribution in [0.2, 0.25) is 5.02 Å². The summed E-state index contributed by atoms with van der Waals surface area (Å²) in [6.07, 6.45) is 2.54. The smallest absolute Gasteiger partial charge is 0.311 e. The van der Waals surface area contributed by atoms with Crippen molar-refractivity contribution in [2.24, 2.45) is 5.92 Å². The minimum atomic E-state index is -0.500. The minimum Gasteiger partial charge on any atom is -0.457 e. The molecule has 0 spiro atoms. The number of piperidine rings is 1. The number of Topliss-reactive ketones (excluding diaryl/α,β-unsaturated/α-hetero) is 1. The van der Waals surface area contributed by atoms with Crippen LogP contribution in [0.25, 0.3) is 0 Å². The van der Waals surface area contributed by atoms with Gasteiger partial charge in [0.15, 0.2) is 12.4 Å². The van der Waals surface area contributed by atoms with Crippen LogP contribution in [0.1, 0.15) is 54.6 Å². The number of hydrogen-bond donors (Lipinski definition) is 0. The molecule has 6 heteroatoms. The van der Waals surface area contributed by atoms with E-state index in [2.05, 4.69) is 6.92 Å². The Bertz CT molecular complexity index is 882. The lowest BCUT2D eigenvalue weighted by Crippen LogP contribution is -2.46. The van der Waals surface area contributed by atoms with E-state index in [1.807, 2.05) is 30.3 Å². The molecule has 2 aromatic rings. The number of esters is 1. The van der Waals surface area contributed by atoms with Gasteiger partial charge in [-0.05, 0) is 42.7 Å². The zero-order valence-electron chi connectivity index (χ0n) is 17.1. The standard InChI is InChI=1S/C24H26ClNO4/c1-2-3-15-26-22(28)14-13-20(23(26)18-7-5-4-6-8-18)24(29)30-16-21(27)17-9-11-19(25)12-10-17/h4-12,20,23H,2-3,13-16H2,1H3/t20-,23-/m0/s1. The van der Waals surface area contributed by atoms with Gasteiger partial charge in [-0.15, -0.1) is 0 Å². The number of carbonyl (C=O) groups is 3. The number of amides is 1. The topological polar surface area (TPSA) is 63.7 Å². The fourth-order valence-corrected chi connectivity index (χ4v) is 3.94. The lowest BCUT2D eigenvalue weighted by molar-refractivity contribution is -0.156. The zero-order valence-corrected chi connectivity index (χ0v) is 17.8. The van der Waals surface area contributed by atoms with Gasteiger partial charge in [-0.1, -0.05) is 55.3 Å². The summed E-state index contributed by atoms with van der Waals surface area (Å²) in [5, 5.41) is 0.535. The summed E-state index contributed by atoms with van der Waals surface area (Å²) in [5.41, 5.74) is 1.35. The van der Waals surface area contributed by atoms with Crippen LogP contribution in [0, 0.1) is 5.92 Å². The second-order valence-corrected chi connectivity index (χ2v) is 7.92. The fraction of sp³-hybridized carbons (Fsp3) is 0.375. The highest BCUT2D eigenvalue weighted by Crippen LogP contribution is 2.37. The maximum atomic E-state index is 13.0. The Balaban J connectivity index is 1.75. The second kappa shape index (κ2) is 10.4. The first-order chi connectivity index (χ1) is 14.5. The van der Waals surface area contributed by atoms with Gasteiger partial charge in [-0.3, -0.25) is 14.4 Å². The zero-order chi connectivity index (χ0) is 21.5. The van der Waals surface area contributed by atoms with E-state index >= 15 is 0 Å². The second-order valence-electron chi connectivity index (χ2n) is 7.48. The highest BCUT2D eigenvalue weighted by atomic mass is 35.5. The summed E-state index contributed by atoms with van der Waals surface area (Å²) in [7, 11) is 0. The Morgan fingerprint density at radius 3 is 2.47 bits per heavy atom. The van der Waals surface area contributed by atoms with Gasteiger partial charge in [0.1, 0.15) is 0 Å². The van der Waals surface area contributed by atoms with Crippen molar-refractivity contribution in [2.45, 2.75) is 38.6 Å². The van der Waals surface area contributed by atoms with Crippen LogP contribution in [0.4, 0.5) is 0 Å². The van der Waals surface area contributed by atoms with E-state index in [4.69, 9.17) is 16.3 Å². The summed E-state index contributed by atoms with van der Waals surface area (Å²) in [4.78, 5) is 39.8. The third-order valence-electron chi connectivity index (χ3n) is 5.41. The summed E-state index contributed by atoms with van der Waals surface area (Å²) in [5.74, 6) is -1.18. The van der Waals surface area contributed by atoms with Crippen LogP contribution in [0.5, 0.6) is 0 Å². The largest absolute Gasteiger partial charge is 0.457 e. The quantitative estimate of drug-likeness (QED) is 0.446. The fourth-order valence-electron chi connectivity index (χ4n) is 3.82. The van der Waals surface area contributed by atoms with Crippen molar-refractivity contribution in [1.82, 2.24) is 4.90 Å². The monoisotopic (exact) mass is 427 g/mol. The van der Waals surface area contributed by atoms with Crippen molar-refractivity contribution >= 4 is 29.3 Å². The lowest BCUT2D eigenvalue weighted by atomic mass is 9.84. The molecule has 0 aromatic heterocycles. The number of benzene rings is 2. The van der Waals surface area contributed by atoms with Gasteiger partial charge in [0.2, 0.25) is 5.91 Å². The molecule has 2 atom stereocenters. The molecule has 1 aliphatic heterocycles. The van der Waals surface area contributed by atoms with Crippen molar-refractivity contribution in [3.8, 4) is 0 Å². The molecule has 0 saturated carbocycles. The van der Waals surface area contributed by atoms with Crippen molar-refractivity contribution in [2.75, 3.05) is 13.2 Å². The van der Waals surface area contributed by atoms with E-state index in [0.717, 1.165) is 18.4 Å². The molecule has 1 amide bonds. The molecular formula is C24H26ClNO4. The van der Waals surface area contributed by atoms with E-state index in [1.54, 1.807) is 29.2 Å². The number of carbonyl (C=O) groups excluding carboxylic acids is 3. The van der Waals surface area contributed by atoms with E-state index in [-0.39, 0.29) is 24.3 Å². The molecule has 0 radical (unpaired) electrons. The highest BCUT2D eigenvalue weighted by molar-refractivity contribution is 6.30. The van der Waals surface area contributed by atoms with Gasteiger partial charge in [-0.2, -0.15) is 0 Å². The first kappa shape index (κ1) is 22.0. The average Bonchev–Trinajstić information content (AvgIpc) is 2.77. The van der Waals surface area contributed by atoms with Crippen LogP contribution in [0.15, 0.2) is 54.6 Å². The normalized spacial score (nSPS) is 18.9. The maximum Gasteiger partial charge on any atom is 0.311 e. The molecule has 2 aromatic carbocycles. The average molecular weight is 428 g/mol. The van der Waals surface area contributed by atoms with E-state index < -0.39 is 11.9 Å². The number of ketones is 1. The van der Waals surface area contributed by atoms with E-state index in [9.17, 15) is 14.4 Å². The van der Waals surface area contributed by atoms with E-state index in [1.165, 1.54) is 0 Å². The summed E-state index contributed by atoms with van der Waals surface area (Å²) < 4.78 is 5.41. The number of nitrogens with zero attached hydrogens (tertiary/aromatic N) is 1. The number of halogens is 1. The van der Waals surface area contributed by atoms with E-state index in [0.29, 0.717) is 30.0 Å². The molecule has 1 fully saturated rings. The molecule has 30 heavy (non-hydrogen) atoms. The van der Waals surface area contributed by atoms with Crippen LogP contribution < -0.4 is 0 Å². The van der Waals surface area contributed by atoms with Gasteiger partial charge in [0.25, 0.3) is 0 Å². The first-order valence-electron chi connectivity index (χ1n) is 10.3. The van der Waals surface area contributed by atoms with Crippen LogP contribution in [-0.2, 0) is 14.3 Å². The third-order valence-corrected chi connectivity index (χ3v) is 5.67. The number of rotatable bonds is 8. The van der Waals surface area contributed by atoms with Gasteiger partial charge >= 0.3 is 5.97 Å². The first-order valence-corrected chi connectivity index (χ1v) is 10.7. The highest BCUT2D eigenvalue weighted by Gasteiger charge is 2.41. The number of hydrogen-bond acceptors (Lipinski definition) is 4. The summed E-state index contributed by atoms with van der Waals surface area (Å²) >= 11 is 5.85. The molecule has 0 N–H and O–H groups in total. The van der Waals surface area contributed by atoms with Crippen LogP contribution in [-0.4, -0.2) is 35.7 Å². The van der Waals surface area contributed by atoms with Crippen molar-refractivity contribution in [1.29, 1.82) is 0 Å². The van der Waals surface area contributed by atoms with Crippen LogP contribution >= 0.6 is 11.6 Å². The summed E-state index contributed by atoms with van der Waals surface area (Å²) in [6, 6.07) is 15.7. The molecule has 1 heterocycles. The molecule has 0 unspecified atom stereocenters. The molecule has 1 aliphatic rings. The molecule has 5 nitrogen and oxygen atoms in total.